The molecule has 0 aliphatic heterocycles. The molecule has 0 unspecified atom stereocenters. The number of hydrogen-bond acceptors (Lipinski definition) is 7. The van der Waals surface area contributed by atoms with Crippen LogP contribution in [0, 0.1) is 12.8 Å². The average molecular weight is 470 g/mol. The fourth-order valence-corrected chi connectivity index (χ4v) is 4.02. The van der Waals surface area contributed by atoms with Gasteiger partial charge < -0.3 is 9.64 Å². The van der Waals surface area contributed by atoms with E-state index in [0.717, 1.165) is 11.1 Å². The Hall–Kier alpha value is -3.53. The van der Waals surface area contributed by atoms with E-state index in [1.807, 2.05) is 26.8 Å². The van der Waals surface area contributed by atoms with E-state index in [4.69, 9.17) is 4.74 Å². The van der Waals surface area contributed by atoms with Crippen LogP contribution in [0.15, 0.2) is 59.9 Å². The Balaban J connectivity index is 1.92. The zero-order valence-corrected chi connectivity index (χ0v) is 19.8. The highest BCUT2D eigenvalue weighted by molar-refractivity contribution is 7.92. The van der Waals surface area contributed by atoms with Gasteiger partial charge in [0.1, 0.15) is 6.61 Å². The molecule has 3 aromatic rings. The van der Waals surface area contributed by atoms with Crippen LogP contribution in [0.4, 0.5) is 5.82 Å². The van der Waals surface area contributed by atoms with Gasteiger partial charge in [-0.15, -0.1) is 0 Å². The average Bonchev–Trinajstić information content (AvgIpc) is 2.78. The first-order valence-electron chi connectivity index (χ1n) is 10.4. The van der Waals surface area contributed by atoms with Crippen LogP contribution in [0.3, 0.4) is 0 Å². The topological polar surface area (TPSA) is 114 Å². The van der Waals surface area contributed by atoms with Crippen molar-refractivity contribution in [3.05, 3.63) is 71.8 Å². The summed E-state index contributed by atoms with van der Waals surface area (Å²) in [5.41, 5.74) is 1.74. The van der Waals surface area contributed by atoms with E-state index in [-0.39, 0.29) is 40.7 Å². The molecular weight excluding hydrogens is 442 g/mol. The van der Waals surface area contributed by atoms with E-state index in [9.17, 15) is 13.2 Å². The number of sulfonamides is 1. The molecular formula is C23H27N5O4S. The Kier molecular flexibility index (Phi) is 7.59. The van der Waals surface area contributed by atoms with Gasteiger partial charge in [0.2, 0.25) is 5.82 Å². The van der Waals surface area contributed by atoms with Gasteiger partial charge in [0.25, 0.3) is 21.8 Å². The fourth-order valence-electron chi connectivity index (χ4n) is 3.01. The number of benzene rings is 1. The molecule has 1 amide bonds. The molecule has 2 aromatic heterocycles. The maximum absolute atomic E-state index is 12.9. The number of carbonyl (C=O) groups excluding carboxylic acids is 1. The number of nitrogens with one attached hydrogen (secondary N) is 1. The lowest BCUT2D eigenvalue weighted by atomic mass is 10.2. The number of nitrogens with zero attached hydrogens (tertiary/aromatic N) is 4. The summed E-state index contributed by atoms with van der Waals surface area (Å²) in [5.74, 6) is -0.273. The van der Waals surface area contributed by atoms with Crippen molar-refractivity contribution in [2.75, 3.05) is 18.3 Å². The van der Waals surface area contributed by atoms with Gasteiger partial charge in [-0.05, 0) is 31.0 Å². The van der Waals surface area contributed by atoms with Crippen molar-refractivity contribution in [3.63, 3.8) is 0 Å². The lowest BCUT2D eigenvalue weighted by molar-refractivity contribution is 0.0771. The maximum atomic E-state index is 12.9. The number of amides is 1. The van der Waals surface area contributed by atoms with Crippen molar-refractivity contribution in [3.8, 4) is 5.88 Å². The summed E-state index contributed by atoms with van der Waals surface area (Å²) in [6, 6.07) is 9.97. The summed E-state index contributed by atoms with van der Waals surface area (Å²) < 4.78 is 33.9. The standard InChI is InChI=1S/C23H27N5O4S/c1-16(2)14-28(4)23(29)20-13-25-21(22(26-20)32-15-18-6-5-11-24-12-18)27-33(30,31)19-9-7-17(3)8-10-19/h5-13,16H,14-15H2,1-4H3,(H,25,27). The molecule has 10 heteroatoms. The number of ether oxygens (including phenoxy) is 1. The molecule has 0 bridgehead atoms. The van der Waals surface area contributed by atoms with Gasteiger partial charge in [-0.1, -0.05) is 37.6 Å². The maximum Gasteiger partial charge on any atom is 0.273 e. The summed E-state index contributed by atoms with van der Waals surface area (Å²) in [4.78, 5) is 26.9. The fraction of sp³-hybridized carbons (Fsp3) is 0.304. The van der Waals surface area contributed by atoms with Crippen LogP contribution in [-0.2, 0) is 16.6 Å². The van der Waals surface area contributed by atoms with Gasteiger partial charge in [-0.25, -0.2) is 18.4 Å². The third-order valence-corrected chi connectivity index (χ3v) is 5.96. The summed E-state index contributed by atoms with van der Waals surface area (Å²) in [6.45, 7) is 6.48. The van der Waals surface area contributed by atoms with Crippen molar-refractivity contribution < 1.29 is 17.9 Å². The predicted octanol–water partition coefficient (Wildman–Crippen LogP) is 3.29. The van der Waals surface area contributed by atoms with E-state index in [1.165, 1.54) is 23.2 Å². The quantitative estimate of drug-likeness (QED) is 0.511. The molecule has 0 saturated heterocycles. The summed E-state index contributed by atoms with van der Waals surface area (Å²) in [7, 11) is -2.27. The summed E-state index contributed by atoms with van der Waals surface area (Å²) >= 11 is 0. The van der Waals surface area contributed by atoms with Crippen molar-refractivity contribution in [1.82, 2.24) is 19.9 Å². The minimum atomic E-state index is -3.94. The number of pyridine rings is 1. The lowest BCUT2D eigenvalue weighted by Crippen LogP contribution is -2.31. The van der Waals surface area contributed by atoms with E-state index < -0.39 is 10.0 Å². The molecule has 3 rings (SSSR count). The van der Waals surface area contributed by atoms with Crippen LogP contribution in [0.2, 0.25) is 0 Å². The van der Waals surface area contributed by atoms with Gasteiger partial charge in [0.05, 0.1) is 11.1 Å². The number of hydrogen-bond donors (Lipinski definition) is 1. The SMILES string of the molecule is Cc1ccc(S(=O)(=O)Nc2ncc(C(=O)N(C)CC(C)C)nc2OCc2cccnc2)cc1. The second kappa shape index (κ2) is 10.4. The molecule has 9 nitrogen and oxygen atoms in total. The predicted molar refractivity (Wildman–Crippen MR) is 124 cm³/mol. The number of carbonyl (C=O) groups is 1. The smallest absolute Gasteiger partial charge is 0.273 e. The second-order valence-electron chi connectivity index (χ2n) is 8.06. The second-order valence-corrected chi connectivity index (χ2v) is 9.74. The number of aromatic nitrogens is 3. The number of anilines is 1. The molecule has 0 atom stereocenters. The van der Waals surface area contributed by atoms with Crippen LogP contribution in [-0.4, -0.2) is 47.8 Å². The summed E-state index contributed by atoms with van der Waals surface area (Å²) in [5, 5.41) is 0. The molecule has 0 aliphatic rings. The Morgan fingerprint density at radius 1 is 1.15 bits per heavy atom. The molecule has 0 saturated carbocycles. The summed E-state index contributed by atoms with van der Waals surface area (Å²) in [6.07, 6.45) is 4.49. The molecule has 1 N–H and O–H groups in total. The van der Waals surface area contributed by atoms with E-state index in [1.54, 1.807) is 37.6 Å². The van der Waals surface area contributed by atoms with E-state index in [0.29, 0.717) is 6.54 Å². The Morgan fingerprint density at radius 2 is 1.88 bits per heavy atom. The first kappa shape index (κ1) is 24.1. The van der Waals surface area contributed by atoms with Gasteiger partial charge in [0.15, 0.2) is 5.69 Å². The molecule has 174 valence electrons. The third kappa shape index (κ3) is 6.48. The van der Waals surface area contributed by atoms with Crippen molar-refractivity contribution in [2.45, 2.75) is 32.3 Å². The first-order valence-corrected chi connectivity index (χ1v) is 11.9. The van der Waals surface area contributed by atoms with Crippen LogP contribution >= 0.6 is 0 Å². The third-order valence-electron chi connectivity index (χ3n) is 4.61. The highest BCUT2D eigenvalue weighted by Gasteiger charge is 2.22. The molecule has 0 fully saturated rings. The van der Waals surface area contributed by atoms with Crippen LogP contribution in [0.5, 0.6) is 5.88 Å². The van der Waals surface area contributed by atoms with Crippen LogP contribution in [0.25, 0.3) is 0 Å². The van der Waals surface area contributed by atoms with Gasteiger partial charge in [0, 0.05) is 31.5 Å². The Morgan fingerprint density at radius 3 is 2.52 bits per heavy atom. The molecule has 0 spiro atoms. The lowest BCUT2D eigenvalue weighted by Gasteiger charge is -2.19. The number of rotatable bonds is 9. The molecule has 0 aliphatic carbocycles. The highest BCUT2D eigenvalue weighted by atomic mass is 32.2. The minimum Gasteiger partial charge on any atom is -0.470 e. The minimum absolute atomic E-state index is 0.0534. The van der Waals surface area contributed by atoms with Crippen LogP contribution in [0.1, 0.15) is 35.5 Å². The normalized spacial score (nSPS) is 11.3. The zero-order chi connectivity index (χ0) is 24.0. The molecule has 2 heterocycles. The van der Waals surface area contributed by atoms with Gasteiger partial charge in [-0.2, -0.15) is 0 Å². The highest BCUT2D eigenvalue weighted by Crippen LogP contribution is 2.24. The van der Waals surface area contributed by atoms with Gasteiger partial charge in [-0.3, -0.25) is 14.5 Å². The van der Waals surface area contributed by atoms with Crippen molar-refractivity contribution >= 4 is 21.7 Å². The Bertz CT molecular complexity index is 1200. The van der Waals surface area contributed by atoms with Gasteiger partial charge >= 0.3 is 0 Å². The first-order chi connectivity index (χ1) is 15.7. The van der Waals surface area contributed by atoms with Crippen LogP contribution < -0.4 is 9.46 Å². The van der Waals surface area contributed by atoms with Crippen molar-refractivity contribution in [1.29, 1.82) is 0 Å². The largest absolute Gasteiger partial charge is 0.470 e. The van der Waals surface area contributed by atoms with E-state index in [2.05, 4.69) is 19.7 Å². The van der Waals surface area contributed by atoms with E-state index >= 15 is 0 Å². The monoisotopic (exact) mass is 469 g/mol. The molecule has 33 heavy (non-hydrogen) atoms. The molecule has 0 radical (unpaired) electrons. The number of aryl methyl sites for hydroxylation is 1. The zero-order valence-electron chi connectivity index (χ0n) is 19.0. The van der Waals surface area contributed by atoms with Crippen molar-refractivity contribution in [2.24, 2.45) is 5.92 Å². The molecule has 1 aromatic carbocycles. The Labute approximate surface area is 193 Å².